The van der Waals surface area contributed by atoms with Crippen molar-refractivity contribution in [3.05, 3.63) is 18.2 Å². The van der Waals surface area contributed by atoms with E-state index >= 15 is 0 Å². The van der Waals surface area contributed by atoms with E-state index in [9.17, 15) is 4.79 Å². The Kier molecular flexibility index (Phi) is 3.66. The molecular weight excluding hydrogens is 242 g/mol. The summed E-state index contributed by atoms with van der Waals surface area (Å²) in [6.07, 6.45) is 0. The minimum Gasteiger partial charge on any atom is -0.482 e. The molecule has 0 spiro atoms. The van der Waals surface area contributed by atoms with Gasteiger partial charge in [0.1, 0.15) is 5.75 Å². The van der Waals surface area contributed by atoms with E-state index in [0.29, 0.717) is 0 Å². The van der Waals surface area contributed by atoms with Crippen LogP contribution < -0.4 is 20.3 Å². The molecule has 0 radical (unpaired) electrons. The van der Waals surface area contributed by atoms with E-state index in [2.05, 4.69) is 29.4 Å². The van der Waals surface area contributed by atoms with E-state index in [1.807, 2.05) is 32.3 Å². The van der Waals surface area contributed by atoms with Crippen molar-refractivity contribution in [2.75, 3.05) is 37.5 Å². The molecule has 0 atom stereocenters. The Hall–Kier alpha value is -1.75. The first-order chi connectivity index (χ1) is 8.94. The lowest BCUT2D eigenvalue weighted by Crippen LogP contribution is -2.48. The molecule has 0 saturated heterocycles. The molecule has 5 nitrogen and oxygen atoms in total. The van der Waals surface area contributed by atoms with Crippen LogP contribution in [0.3, 0.4) is 0 Å². The van der Waals surface area contributed by atoms with Crippen molar-refractivity contribution in [1.82, 2.24) is 5.32 Å². The van der Waals surface area contributed by atoms with Crippen LogP contribution >= 0.6 is 0 Å². The summed E-state index contributed by atoms with van der Waals surface area (Å²) in [6.45, 7) is 5.28. The van der Waals surface area contributed by atoms with Gasteiger partial charge < -0.3 is 20.3 Å². The fourth-order valence-corrected chi connectivity index (χ4v) is 2.18. The van der Waals surface area contributed by atoms with Gasteiger partial charge >= 0.3 is 0 Å². The summed E-state index contributed by atoms with van der Waals surface area (Å²) in [5.41, 5.74) is 1.76. The van der Waals surface area contributed by atoms with Crippen LogP contribution in [0.15, 0.2) is 18.2 Å². The zero-order valence-electron chi connectivity index (χ0n) is 11.9. The van der Waals surface area contributed by atoms with Gasteiger partial charge in [0, 0.05) is 24.8 Å². The first-order valence-corrected chi connectivity index (χ1v) is 6.39. The molecular formula is C14H21N3O2. The number of likely N-dealkylation sites (N-methyl/N-ethyl adjacent to an activating group) is 2. The summed E-state index contributed by atoms with van der Waals surface area (Å²) in [7, 11) is 3.99. The second kappa shape index (κ2) is 5.09. The van der Waals surface area contributed by atoms with Crippen molar-refractivity contribution in [1.29, 1.82) is 0 Å². The Morgan fingerprint density at radius 2 is 2.21 bits per heavy atom. The third-order valence-electron chi connectivity index (χ3n) is 3.50. The fraction of sp³-hybridized carbons (Fsp3) is 0.500. The number of amides is 1. The zero-order chi connectivity index (χ0) is 14.0. The molecule has 2 N–H and O–H groups in total. The normalized spacial score (nSPS) is 14.4. The van der Waals surface area contributed by atoms with Gasteiger partial charge in [0.15, 0.2) is 6.61 Å². The Balaban J connectivity index is 2.26. The highest BCUT2D eigenvalue weighted by molar-refractivity contribution is 5.96. The number of carbonyl (C=O) groups excluding carboxylic acids is 1. The molecule has 1 aromatic rings. The fourth-order valence-electron chi connectivity index (χ4n) is 2.18. The van der Waals surface area contributed by atoms with Crippen LogP contribution in [0.1, 0.15) is 13.8 Å². The SMILES string of the molecule is CNCC(C)(C)N(C)c1ccc2c(c1)NC(=O)CO2. The molecule has 0 saturated carbocycles. The molecule has 0 fully saturated rings. The average Bonchev–Trinajstić information content (AvgIpc) is 2.36. The molecule has 2 rings (SSSR count). The van der Waals surface area contributed by atoms with Crippen LogP contribution in [0.5, 0.6) is 5.75 Å². The third kappa shape index (κ3) is 2.81. The predicted octanol–water partition coefficient (Wildman–Crippen LogP) is 1.45. The maximum absolute atomic E-state index is 11.3. The standard InChI is InChI=1S/C14H21N3O2/c1-14(2,9-15-3)17(4)10-5-6-12-11(7-10)16-13(18)8-19-12/h5-7,15H,8-9H2,1-4H3,(H,16,18). The summed E-state index contributed by atoms with van der Waals surface area (Å²) < 4.78 is 5.36. The molecule has 5 heteroatoms. The monoisotopic (exact) mass is 263 g/mol. The maximum atomic E-state index is 11.3. The van der Waals surface area contributed by atoms with E-state index in [0.717, 1.165) is 23.7 Å². The number of rotatable bonds is 4. The molecule has 0 bridgehead atoms. The molecule has 1 aliphatic rings. The second-order valence-corrected chi connectivity index (χ2v) is 5.42. The van der Waals surface area contributed by atoms with Crippen LogP contribution in [0.25, 0.3) is 0 Å². The number of hydrogen-bond donors (Lipinski definition) is 2. The molecule has 104 valence electrons. The molecule has 0 aliphatic carbocycles. The van der Waals surface area contributed by atoms with Gasteiger partial charge in [0.05, 0.1) is 5.69 Å². The van der Waals surface area contributed by atoms with Crippen molar-refractivity contribution in [2.24, 2.45) is 0 Å². The van der Waals surface area contributed by atoms with E-state index in [1.54, 1.807) is 0 Å². The van der Waals surface area contributed by atoms with Crippen LogP contribution in [0.4, 0.5) is 11.4 Å². The van der Waals surface area contributed by atoms with Gasteiger partial charge in [-0.1, -0.05) is 0 Å². The van der Waals surface area contributed by atoms with E-state index in [-0.39, 0.29) is 18.1 Å². The lowest BCUT2D eigenvalue weighted by atomic mass is 10.0. The van der Waals surface area contributed by atoms with Gasteiger partial charge in [-0.25, -0.2) is 0 Å². The van der Waals surface area contributed by atoms with Gasteiger partial charge in [0.2, 0.25) is 0 Å². The number of nitrogens with zero attached hydrogens (tertiary/aromatic N) is 1. The smallest absolute Gasteiger partial charge is 0.262 e. The maximum Gasteiger partial charge on any atom is 0.262 e. The summed E-state index contributed by atoms with van der Waals surface area (Å²) in [6, 6.07) is 5.85. The van der Waals surface area contributed by atoms with Gasteiger partial charge in [-0.2, -0.15) is 0 Å². The lowest BCUT2D eigenvalue weighted by molar-refractivity contribution is -0.118. The van der Waals surface area contributed by atoms with Crippen LogP contribution in [0, 0.1) is 0 Å². The summed E-state index contributed by atoms with van der Waals surface area (Å²) in [5.74, 6) is 0.616. The van der Waals surface area contributed by atoms with Gasteiger partial charge in [-0.3, -0.25) is 4.79 Å². The first kappa shape index (κ1) is 13.7. The van der Waals surface area contributed by atoms with E-state index in [1.165, 1.54) is 0 Å². The molecule has 1 aliphatic heterocycles. The van der Waals surface area contributed by atoms with Gasteiger partial charge in [0.25, 0.3) is 5.91 Å². The summed E-state index contributed by atoms with van der Waals surface area (Å²) in [4.78, 5) is 13.5. The van der Waals surface area contributed by atoms with Crippen molar-refractivity contribution in [3.8, 4) is 5.75 Å². The second-order valence-electron chi connectivity index (χ2n) is 5.42. The number of ether oxygens (including phenoxy) is 1. The third-order valence-corrected chi connectivity index (χ3v) is 3.50. The van der Waals surface area contributed by atoms with Crippen LogP contribution in [-0.2, 0) is 4.79 Å². The zero-order valence-corrected chi connectivity index (χ0v) is 11.9. The van der Waals surface area contributed by atoms with Crippen molar-refractivity contribution < 1.29 is 9.53 Å². The molecule has 0 aromatic heterocycles. The number of carbonyl (C=O) groups is 1. The van der Waals surface area contributed by atoms with Gasteiger partial charge in [-0.05, 0) is 39.1 Å². The predicted molar refractivity (Wildman–Crippen MR) is 77.0 cm³/mol. The van der Waals surface area contributed by atoms with E-state index in [4.69, 9.17) is 4.74 Å². The largest absolute Gasteiger partial charge is 0.482 e. The highest BCUT2D eigenvalue weighted by Gasteiger charge is 2.24. The molecule has 1 aromatic carbocycles. The number of nitrogens with one attached hydrogen (secondary N) is 2. The van der Waals surface area contributed by atoms with Crippen LogP contribution in [0.2, 0.25) is 0 Å². The molecule has 1 amide bonds. The Labute approximate surface area is 113 Å². The summed E-state index contributed by atoms with van der Waals surface area (Å²) in [5, 5.41) is 6.02. The molecule has 0 unspecified atom stereocenters. The van der Waals surface area contributed by atoms with E-state index < -0.39 is 0 Å². The van der Waals surface area contributed by atoms with Crippen molar-refractivity contribution in [3.63, 3.8) is 0 Å². The topological polar surface area (TPSA) is 53.6 Å². The number of benzene rings is 1. The summed E-state index contributed by atoms with van der Waals surface area (Å²) >= 11 is 0. The number of anilines is 2. The van der Waals surface area contributed by atoms with Gasteiger partial charge in [-0.15, -0.1) is 0 Å². The highest BCUT2D eigenvalue weighted by atomic mass is 16.5. The Morgan fingerprint density at radius 1 is 1.47 bits per heavy atom. The Morgan fingerprint density at radius 3 is 2.89 bits per heavy atom. The highest BCUT2D eigenvalue weighted by Crippen LogP contribution is 2.33. The average molecular weight is 263 g/mol. The Bertz CT molecular complexity index is 486. The minimum absolute atomic E-state index is 0.0253. The lowest BCUT2D eigenvalue weighted by Gasteiger charge is -2.38. The molecule has 1 heterocycles. The minimum atomic E-state index is -0.109. The molecule has 19 heavy (non-hydrogen) atoms. The van der Waals surface area contributed by atoms with Crippen LogP contribution in [-0.4, -0.2) is 38.7 Å². The van der Waals surface area contributed by atoms with Crippen molar-refractivity contribution in [2.45, 2.75) is 19.4 Å². The van der Waals surface area contributed by atoms with Crippen molar-refractivity contribution >= 4 is 17.3 Å². The number of hydrogen-bond acceptors (Lipinski definition) is 4. The first-order valence-electron chi connectivity index (χ1n) is 6.39. The number of fused-ring (bicyclic) bond motifs is 1. The quantitative estimate of drug-likeness (QED) is 0.863.